The molecule has 27 heavy (non-hydrogen) atoms. The SMILES string of the molecule is COC(=O)c1[nH]c(C)c(C(=O)CN(CCN(C)C)C(=O)C2CCCC2)c1C. The van der Waals surface area contributed by atoms with E-state index >= 15 is 0 Å². The Morgan fingerprint density at radius 1 is 1.11 bits per heavy atom. The Balaban J connectivity index is 2.20. The van der Waals surface area contributed by atoms with Crippen molar-refractivity contribution in [3.05, 3.63) is 22.5 Å². The highest BCUT2D eigenvalue weighted by atomic mass is 16.5. The second-order valence-electron chi connectivity index (χ2n) is 7.58. The van der Waals surface area contributed by atoms with Gasteiger partial charge in [0.1, 0.15) is 5.69 Å². The summed E-state index contributed by atoms with van der Waals surface area (Å²) >= 11 is 0. The molecule has 0 spiro atoms. The van der Waals surface area contributed by atoms with E-state index in [4.69, 9.17) is 4.74 Å². The van der Waals surface area contributed by atoms with Gasteiger partial charge in [-0.1, -0.05) is 12.8 Å². The number of aromatic amines is 1. The molecule has 0 saturated heterocycles. The van der Waals surface area contributed by atoms with Crippen LogP contribution in [0.3, 0.4) is 0 Å². The van der Waals surface area contributed by atoms with Crippen LogP contribution in [0.1, 0.15) is 57.8 Å². The molecule has 0 unspecified atom stereocenters. The molecule has 1 N–H and O–H groups in total. The normalized spacial score (nSPS) is 14.6. The minimum atomic E-state index is -0.499. The number of ether oxygens (including phenoxy) is 1. The predicted molar refractivity (Wildman–Crippen MR) is 103 cm³/mol. The predicted octanol–water partition coefficient (Wildman–Crippen LogP) is 2.18. The first-order valence-electron chi connectivity index (χ1n) is 9.50. The van der Waals surface area contributed by atoms with Crippen LogP contribution in [0.4, 0.5) is 0 Å². The van der Waals surface area contributed by atoms with Gasteiger partial charge in [0.25, 0.3) is 0 Å². The summed E-state index contributed by atoms with van der Waals surface area (Å²) in [6, 6.07) is 0. The van der Waals surface area contributed by atoms with Crippen LogP contribution in [0.15, 0.2) is 0 Å². The Labute approximate surface area is 161 Å². The van der Waals surface area contributed by atoms with Crippen molar-refractivity contribution in [2.45, 2.75) is 39.5 Å². The van der Waals surface area contributed by atoms with Crippen molar-refractivity contribution in [1.82, 2.24) is 14.8 Å². The first-order chi connectivity index (χ1) is 12.8. The summed E-state index contributed by atoms with van der Waals surface area (Å²) in [5.41, 5.74) is 1.97. The van der Waals surface area contributed by atoms with Crippen LogP contribution in [0.5, 0.6) is 0 Å². The molecule has 1 aliphatic carbocycles. The fraction of sp³-hybridized carbons (Fsp3) is 0.650. The van der Waals surface area contributed by atoms with Gasteiger partial charge in [-0.25, -0.2) is 4.79 Å². The Bertz CT molecular complexity index is 702. The zero-order valence-corrected chi connectivity index (χ0v) is 17.1. The van der Waals surface area contributed by atoms with Crippen LogP contribution >= 0.6 is 0 Å². The number of carbonyl (C=O) groups is 3. The second-order valence-corrected chi connectivity index (χ2v) is 7.58. The highest BCUT2D eigenvalue weighted by Gasteiger charge is 2.30. The minimum Gasteiger partial charge on any atom is -0.464 e. The molecule has 150 valence electrons. The van der Waals surface area contributed by atoms with E-state index in [0.717, 1.165) is 25.7 Å². The maximum atomic E-state index is 13.0. The van der Waals surface area contributed by atoms with Crippen molar-refractivity contribution < 1.29 is 19.1 Å². The number of likely N-dealkylation sites (N-methyl/N-ethyl adjacent to an activating group) is 1. The summed E-state index contributed by atoms with van der Waals surface area (Å²) in [5.74, 6) is -0.552. The van der Waals surface area contributed by atoms with Crippen LogP contribution in [0, 0.1) is 19.8 Å². The summed E-state index contributed by atoms with van der Waals surface area (Å²) < 4.78 is 4.77. The molecular formula is C20H31N3O4. The van der Waals surface area contributed by atoms with E-state index < -0.39 is 5.97 Å². The monoisotopic (exact) mass is 377 g/mol. The van der Waals surface area contributed by atoms with Crippen LogP contribution in [-0.4, -0.2) is 73.3 Å². The number of aromatic nitrogens is 1. The van der Waals surface area contributed by atoms with E-state index in [1.54, 1.807) is 18.7 Å². The number of methoxy groups -OCH3 is 1. The number of carbonyl (C=O) groups excluding carboxylic acids is 3. The number of aryl methyl sites for hydroxylation is 1. The van der Waals surface area contributed by atoms with Gasteiger partial charge in [-0.05, 0) is 46.3 Å². The van der Waals surface area contributed by atoms with Crippen molar-refractivity contribution in [2.24, 2.45) is 5.92 Å². The largest absolute Gasteiger partial charge is 0.464 e. The molecule has 0 aromatic carbocycles. The molecule has 1 aliphatic rings. The molecule has 1 saturated carbocycles. The summed E-state index contributed by atoms with van der Waals surface area (Å²) in [6.07, 6.45) is 3.95. The number of hydrogen-bond acceptors (Lipinski definition) is 5. The molecular weight excluding hydrogens is 346 g/mol. The van der Waals surface area contributed by atoms with E-state index in [1.165, 1.54) is 7.11 Å². The molecule has 7 heteroatoms. The third-order valence-corrected chi connectivity index (χ3v) is 5.27. The maximum Gasteiger partial charge on any atom is 0.354 e. The lowest BCUT2D eigenvalue weighted by atomic mass is 10.0. The quantitative estimate of drug-likeness (QED) is 0.555. The van der Waals surface area contributed by atoms with Gasteiger partial charge in [0.2, 0.25) is 5.91 Å². The summed E-state index contributed by atoms with van der Waals surface area (Å²) in [7, 11) is 5.20. The number of amides is 1. The molecule has 1 amide bonds. The average Bonchev–Trinajstić information content (AvgIpc) is 3.25. The van der Waals surface area contributed by atoms with Crippen LogP contribution in [0.2, 0.25) is 0 Å². The van der Waals surface area contributed by atoms with Crippen molar-refractivity contribution >= 4 is 17.7 Å². The summed E-state index contributed by atoms with van der Waals surface area (Å²) in [5, 5.41) is 0. The number of nitrogens with one attached hydrogen (secondary N) is 1. The second kappa shape index (κ2) is 9.17. The first kappa shape index (κ1) is 21.2. The standard InChI is InChI=1S/C20H31N3O4/c1-13-17(14(2)21-18(13)20(26)27-5)16(24)12-23(11-10-22(3)4)19(25)15-8-6-7-9-15/h15,21H,6-12H2,1-5H3. The molecule has 0 radical (unpaired) electrons. The lowest BCUT2D eigenvalue weighted by Crippen LogP contribution is -2.42. The van der Waals surface area contributed by atoms with Gasteiger partial charge in [-0.3, -0.25) is 9.59 Å². The van der Waals surface area contributed by atoms with Crippen molar-refractivity contribution in [3.8, 4) is 0 Å². The van der Waals surface area contributed by atoms with Gasteiger partial charge >= 0.3 is 5.97 Å². The number of H-pyrrole nitrogens is 1. The summed E-state index contributed by atoms with van der Waals surface area (Å²) in [6.45, 7) is 4.73. The van der Waals surface area contributed by atoms with Crippen molar-refractivity contribution in [2.75, 3.05) is 40.8 Å². The Hall–Kier alpha value is -2.15. The van der Waals surface area contributed by atoms with Crippen LogP contribution in [-0.2, 0) is 9.53 Å². The topological polar surface area (TPSA) is 82.7 Å². The fourth-order valence-corrected chi connectivity index (χ4v) is 3.75. The number of nitrogens with zero attached hydrogens (tertiary/aromatic N) is 2. The highest BCUT2D eigenvalue weighted by molar-refractivity contribution is 6.04. The number of rotatable bonds is 8. The van der Waals surface area contributed by atoms with Crippen LogP contribution in [0.25, 0.3) is 0 Å². The average molecular weight is 377 g/mol. The molecule has 1 aromatic heterocycles. The van der Waals surface area contributed by atoms with E-state index in [1.807, 2.05) is 19.0 Å². The Morgan fingerprint density at radius 2 is 1.74 bits per heavy atom. The van der Waals surface area contributed by atoms with Crippen molar-refractivity contribution in [3.63, 3.8) is 0 Å². The molecule has 1 fully saturated rings. The van der Waals surface area contributed by atoms with E-state index in [-0.39, 0.29) is 24.2 Å². The Morgan fingerprint density at radius 3 is 2.30 bits per heavy atom. The lowest BCUT2D eigenvalue weighted by Gasteiger charge is -2.26. The maximum absolute atomic E-state index is 13.0. The van der Waals surface area contributed by atoms with Crippen molar-refractivity contribution in [1.29, 1.82) is 0 Å². The molecule has 1 aromatic rings. The lowest BCUT2D eigenvalue weighted by molar-refractivity contribution is -0.135. The highest BCUT2D eigenvalue weighted by Crippen LogP contribution is 2.27. The molecule has 0 bridgehead atoms. The number of Topliss-reactive ketones (excluding diaryl/α,β-unsaturated/α-hetero) is 1. The van der Waals surface area contributed by atoms with Crippen LogP contribution < -0.4 is 0 Å². The third kappa shape index (κ3) is 4.97. The molecule has 1 heterocycles. The number of esters is 1. The van der Waals surface area contributed by atoms with Gasteiger partial charge in [-0.2, -0.15) is 0 Å². The molecule has 7 nitrogen and oxygen atoms in total. The van der Waals surface area contributed by atoms with E-state index in [0.29, 0.717) is 35.6 Å². The van der Waals surface area contributed by atoms with Gasteiger partial charge in [0.15, 0.2) is 5.78 Å². The number of ketones is 1. The minimum absolute atomic E-state index is 0.0269. The van der Waals surface area contributed by atoms with E-state index in [9.17, 15) is 14.4 Å². The molecule has 2 rings (SSSR count). The van der Waals surface area contributed by atoms with Gasteiger partial charge in [-0.15, -0.1) is 0 Å². The van der Waals surface area contributed by atoms with Gasteiger partial charge in [0, 0.05) is 30.3 Å². The molecule has 0 aliphatic heterocycles. The van der Waals surface area contributed by atoms with Gasteiger partial charge < -0.3 is 19.5 Å². The number of hydrogen-bond donors (Lipinski definition) is 1. The summed E-state index contributed by atoms with van der Waals surface area (Å²) in [4.78, 5) is 44.4. The smallest absolute Gasteiger partial charge is 0.354 e. The van der Waals surface area contributed by atoms with E-state index in [2.05, 4.69) is 4.98 Å². The first-order valence-corrected chi connectivity index (χ1v) is 9.50. The molecule has 0 atom stereocenters. The Kier molecular flexibility index (Phi) is 7.18. The zero-order chi connectivity index (χ0) is 20.1. The fourth-order valence-electron chi connectivity index (χ4n) is 3.75. The zero-order valence-electron chi connectivity index (χ0n) is 17.1. The third-order valence-electron chi connectivity index (χ3n) is 5.27. The van der Waals surface area contributed by atoms with Gasteiger partial charge in [0.05, 0.1) is 13.7 Å².